The molecule has 0 saturated carbocycles. The molecule has 214 valence electrons. The first kappa shape index (κ1) is 25.5. The zero-order valence-electron chi connectivity index (χ0n) is 24.7. The summed E-state index contributed by atoms with van der Waals surface area (Å²) < 4.78 is 3.48. The van der Waals surface area contributed by atoms with Crippen LogP contribution in [0.5, 0.6) is 0 Å². The molecule has 0 bridgehead atoms. The van der Waals surface area contributed by atoms with Crippen molar-refractivity contribution in [1.82, 2.24) is 14.5 Å². The van der Waals surface area contributed by atoms with Crippen LogP contribution in [0, 0.1) is 0 Å². The average molecular weight is 604 g/mol. The molecule has 3 heterocycles. The molecule has 0 atom stereocenters. The van der Waals surface area contributed by atoms with Crippen LogP contribution < -0.4 is 0 Å². The van der Waals surface area contributed by atoms with E-state index in [1.807, 2.05) is 0 Å². The van der Waals surface area contributed by atoms with Crippen molar-refractivity contribution < 1.29 is 0 Å². The quantitative estimate of drug-likeness (QED) is 0.201. The summed E-state index contributed by atoms with van der Waals surface area (Å²) in [6, 6.07) is 54.1. The summed E-state index contributed by atoms with van der Waals surface area (Å²) in [5.41, 5.74) is 6.64. The standard InChI is InChI=1S/C42H25N3S/c1-3-11-26(12-4-1)30-21-24-36-33(25-30)39-40(29-15-5-2-6-16-29)43-42(44-41(39)46-36)45-34-22-19-27-13-7-9-17-31(27)37(34)38-32-18-10-8-14-28(32)20-23-35(38)45/h1-25H. The molecule has 4 heteroatoms. The molecule has 46 heavy (non-hydrogen) atoms. The molecule has 0 saturated heterocycles. The van der Waals surface area contributed by atoms with Gasteiger partial charge in [0.1, 0.15) is 4.83 Å². The summed E-state index contributed by atoms with van der Waals surface area (Å²) in [7, 11) is 0. The minimum Gasteiger partial charge on any atom is -0.278 e. The molecular formula is C42H25N3S. The molecular weight excluding hydrogens is 579 g/mol. The minimum atomic E-state index is 0.687. The zero-order chi connectivity index (χ0) is 30.2. The highest BCUT2D eigenvalue weighted by molar-refractivity contribution is 7.25. The van der Waals surface area contributed by atoms with Gasteiger partial charge >= 0.3 is 0 Å². The van der Waals surface area contributed by atoms with Gasteiger partial charge in [0.25, 0.3) is 0 Å². The topological polar surface area (TPSA) is 30.7 Å². The fourth-order valence-corrected chi connectivity index (χ4v) is 8.19. The molecule has 0 fully saturated rings. The van der Waals surface area contributed by atoms with Gasteiger partial charge in [-0.3, -0.25) is 4.57 Å². The van der Waals surface area contributed by atoms with E-state index in [0.29, 0.717) is 5.95 Å². The van der Waals surface area contributed by atoms with Crippen LogP contribution in [-0.2, 0) is 0 Å². The maximum absolute atomic E-state index is 5.46. The lowest BCUT2D eigenvalue weighted by Gasteiger charge is -2.11. The van der Waals surface area contributed by atoms with Crippen LogP contribution in [0.1, 0.15) is 0 Å². The lowest BCUT2D eigenvalue weighted by molar-refractivity contribution is 1.02. The molecule has 0 N–H and O–H groups in total. The van der Waals surface area contributed by atoms with Gasteiger partial charge in [0.15, 0.2) is 0 Å². The second-order valence-corrected chi connectivity index (χ2v) is 12.8. The Labute approximate surface area is 268 Å². The van der Waals surface area contributed by atoms with Crippen molar-refractivity contribution in [2.45, 2.75) is 0 Å². The SMILES string of the molecule is c1ccc(-c2ccc3sc4nc(-n5c6ccc7ccccc7c6c6c7ccccc7ccc65)nc(-c5ccccc5)c4c3c2)cc1. The van der Waals surface area contributed by atoms with Crippen molar-refractivity contribution in [3.63, 3.8) is 0 Å². The van der Waals surface area contributed by atoms with Crippen molar-refractivity contribution in [2.24, 2.45) is 0 Å². The van der Waals surface area contributed by atoms with Crippen molar-refractivity contribution in [3.05, 3.63) is 152 Å². The Kier molecular flexibility index (Phi) is 5.45. The highest BCUT2D eigenvalue weighted by Gasteiger charge is 2.22. The van der Waals surface area contributed by atoms with Crippen molar-refractivity contribution in [3.8, 4) is 28.3 Å². The van der Waals surface area contributed by atoms with Crippen molar-refractivity contribution in [1.29, 1.82) is 0 Å². The van der Waals surface area contributed by atoms with Crippen LogP contribution in [0.15, 0.2) is 152 Å². The fourth-order valence-electron chi connectivity index (χ4n) is 7.14. The first-order valence-corrected chi connectivity index (χ1v) is 16.3. The Morgan fingerprint density at radius 1 is 0.435 bits per heavy atom. The Hall–Kier alpha value is -5.84. The Morgan fingerprint density at radius 2 is 1.02 bits per heavy atom. The van der Waals surface area contributed by atoms with Crippen LogP contribution in [0.3, 0.4) is 0 Å². The predicted molar refractivity (Wildman–Crippen MR) is 195 cm³/mol. The second-order valence-electron chi connectivity index (χ2n) is 11.8. The molecule has 0 amide bonds. The molecule has 0 radical (unpaired) electrons. The summed E-state index contributed by atoms with van der Waals surface area (Å²) in [4.78, 5) is 11.8. The van der Waals surface area contributed by atoms with E-state index in [-0.39, 0.29) is 0 Å². The van der Waals surface area contributed by atoms with Crippen LogP contribution in [0.4, 0.5) is 0 Å². The Balaban J connectivity index is 1.34. The van der Waals surface area contributed by atoms with Gasteiger partial charge in [0.05, 0.1) is 16.7 Å². The molecule has 0 aliphatic rings. The normalized spacial score (nSPS) is 11.9. The molecule has 0 spiro atoms. The molecule has 3 nitrogen and oxygen atoms in total. The Morgan fingerprint density at radius 3 is 1.67 bits per heavy atom. The molecule has 3 aromatic heterocycles. The number of fused-ring (bicyclic) bond motifs is 10. The largest absolute Gasteiger partial charge is 0.278 e. The van der Waals surface area contributed by atoms with E-state index in [1.54, 1.807) is 11.3 Å². The molecule has 7 aromatic carbocycles. The van der Waals surface area contributed by atoms with Gasteiger partial charge in [-0.2, -0.15) is 0 Å². The first-order chi connectivity index (χ1) is 22.8. The summed E-state index contributed by atoms with van der Waals surface area (Å²) in [6.45, 7) is 0. The summed E-state index contributed by atoms with van der Waals surface area (Å²) in [5.74, 6) is 0.687. The third-order valence-corrected chi connectivity index (χ3v) is 10.3. The van der Waals surface area contributed by atoms with Gasteiger partial charge in [0, 0.05) is 31.8 Å². The van der Waals surface area contributed by atoms with E-state index in [2.05, 4.69) is 156 Å². The van der Waals surface area contributed by atoms with E-state index in [0.717, 1.165) is 32.5 Å². The van der Waals surface area contributed by atoms with E-state index >= 15 is 0 Å². The van der Waals surface area contributed by atoms with Gasteiger partial charge in [-0.05, 0) is 56.9 Å². The lowest BCUT2D eigenvalue weighted by Crippen LogP contribution is -2.02. The van der Waals surface area contributed by atoms with E-state index in [9.17, 15) is 0 Å². The number of thiophene rings is 1. The number of nitrogens with zero attached hydrogens (tertiary/aromatic N) is 3. The molecule has 10 aromatic rings. The minimum absolute atomic E-state index is 0.687. The predicted octanol–water partition coefficient (Wildman–Crippen LogP) is 11.6. The fraction of sp³-hybridized carbons (Fsp3) is 0. The summed E-state index contributed by atoms with van der Waals surface area (Å²) >= 11 is 1.74. The number of aromatic nitrogens is 3. The van der Waals surface area contributed by atoms with Gasteiger partial charge in [-0.25, -0.2) is 9.97 Å². The van der Waals surface area contributed by atoms with Crippen LogP contribution in [0.25, 0.3) is 92.0 Å². The van der Waals surface area contributed by atoms with Gasteiger partial charge in [-0.1, -0.05) is 127 Å². The number of benzene rings is 7. The van der Waals surface area contributed by atoms with Crippen molar-refractivity contribution >= 4 is 75.0 Å². The molecule has 0 aliphatic carbocycles. The summed E-state index contributed by atoms with van der Waals surface area (Å²) in [5, 5.41) is 9.68. The number of rotatable bonds is 3. The monoisotopic (exact) mass is 603 g/mol. The summed E-state index contributed by atoms with van der Waals surface area (Å²) in [6.07, 6.45) is 0. The number of hydrogen-bond donors (Lipinski definition) is 0. The van der Waals surface area contributed by atoms with Gasteiger partial charge in [0.2, 0.25) is 5.95 Å². The van der Waals surface area contributed by atoms with E-state index in [4.69, 9.17) is 9.97 Å². The zero-order valence-corrected chi connectivity index (χ0v) is 25.5. The average Bonchev–Trinajstić information content (AvgIpc) is 3.67. The first-order valence-electron chi connectivity index (χ1n) is 15.5. The maximum atomic E-state index is 5.46. The smallest absolute Gasteiger partial charge is 0.236 e. The maximum Gasteiger partial charge on any atom is 0.236 e. The van der Waals surface area contributed by atoms with E-state index < -0.39 is 0 Å². The van der Waals surface area contributed by atoms with Crippen LogP contribution >= 0.6 is 11.3 Å². The molecule has 0 aliphatic heterocycles. The third-order valence-electron chi connectivity index (χ3n) is 9.22. The number of hydrogen-bond acceptors (Lipinski definition) is 3. The Bertz CT molecular complexity index is 2700. The highest BCUT2D eigenvalue weighted by Crippen LogP contribution is 2.43. The van der Waals surface area contributed by atoms with Crippen molar-refractivity contribution in [2.75, 3.05) is 0 Å². The molecule has 0 unspecified atom stereocenters. The van der Waals surface area contributed by atoms with Gasteiger partial charge in [-0.15, -0.1) is 11.3 Å². The third kappa shape index (κ3) is 3.71. The van der Waals surface area contributed by atoms with Crippen LogP contribution in [0.2, 0.25) is 0 Å². The molecule has 10 rings (SSSR count). The second kappa shape index (κ2) is 9.83. The highest BCUT2D eigenvalue weighted by atomic mass is 32.1. The van der Waals surface area contributed by atoms with E-state index in [1.165, 1.54) is 53.5 Å². The van der Waals surface area contributed by atoms with Crippen LogP contribution in [-0.4, -0.2) is 14.5 Å². The lowest BCUT2D eigenvalue weighted by atomic mass is 10.00. The van der Waals surface area contributed by atoms with Gasteiger partial charge < -0.3 is 0 Å².